The van der Waals surface area contributed by atoms with Crippen LogP contribution in [0.15, 0.2) is 48.5 Å². The summed E-state index contributed by atoms with van der Waals surface area (Å²) in [5.41, 5.74) is 2.81. The lowest BCUT2D eigenvalue weighted by Crippen LogP contribution is -1.99. The highest BCUT2D eigenvalue weighted by Crippen LogP contribution is 2.29. The first-order valence-corrected chi connectivity index (χ1v) is 6.36. The Hall–Kier alpha value is -2.13. The molecule has 0 spiro atoms. The van der Waals surface area contributed by atoms with Crippen LogP contribution < -0.4 is 5.32 Å². The Morgan fingerprint density at radius 3 is 2.53 bits per heavy atom. The molecule has 0 saturated heterocycles. The van der Waals surface area contributed by atoms with Crippen LogP contribution in [0.5, 0.6) is 0 Å². The van der Waals surface area contributed by atoms with Gasteiger partial charge in [-0.05, 0) is 18.2 Å². The number of benzene rings is 2. The van der Waals surface area contributed by atoms with E-state index in [2.05, 4.69) is 15.3 Å². The Morgan fingerprint density at radius 1 is 1.00 bits per heavy atom. The highest BCUT2D eigenvalue weighted by molar-refractivity contribution is 6.31. The molecule has 1 aromatic heterocycles. The van der Waals surface area contributed by atoms with E-state index in [0.717, 1.165) is 22.2 Å². The smallest absolute Gasteiger partial charge is 0.223 e. The number of fused-ring (bicyclic) bond motifs is 1. The quantitative estimate of drug-likeness (QED) is 0.764. The van der Waals surface area contributed by atoms with E-state index in [4.69, 9.17) is 11.6 Å². The van der Waals surface area contributed by atoms with Gasteiger partial charge in [-0.2, -0.15) is 0 Å². The summed E-state index contributed by atoms with van der Waals surface area (Å²) >= 11 is 6.08. The summed E-state index contributed by atoms with van der Waals surface area (Å²) in [6.07, 6.45) is 0. The van der Waals surface area contributed by atoms with Crippen LogP contribution in [0.3, 0.4) is 0 Å². The SMILES string of the molecule is CNc1nc(-c2ccccc2)c2cc(Cl)ccc2n1. The van der Waals surface area contributed by atoms with E-state index >= 15 is 0 Å². The van der Waals surface area contributed by atoms with Crippen molar-refractivity contribution in [1.82, 2.24) is 9.97 Å². The van der Waals surface area contributed by atoms with Crippen LogP contribution in [0.1, 0.15) is 0 Å². The highest BCUT2D eigenvalue weighted by atomic mass is 35.5. The van der Waals surface area contributed by atoms with Gasteiger partial charge >= 0.3 is 0 Å². The predicted molar refractivity (Wildman–Crippen MR) is 79.5 cm³/mol. The molecule has 0 atom stereocenters. The molecule has 1 N–H and O–H groups in total. The Bertz CT molecular complexity index is 726. The van der Waals surface area contributed by atoms with Crippen LogP contribution in [0.2, 0.25) is 5.02 Å². The third kappa shape index (κ3) is 2.25. The zero-order chi connectivity index (χ0) is 13.2. The van der Waals surface area contributed by atoms with Crippen molar-refractivity contribution in [2.45, 2.75) is 0 Å². The van der Waals surface area contributed by atoms with Gasteiger partial charge in [0, 0.05) is 23.0 Å². The lowest BCUT2D eigenvalue weighted by molar-refractivity contribution is 1.20. The average Bonchev–Trinajstić information content (AvgIpc) is 2.47. The number of rotatable bonds is 2. The summed E-state index contributed by atoms with van der Waals surface area (Å²) in [6.45, 7) is 0. The fourth-order valence-corrected chi connectivity index (χ4v) is 2.20. The number of halogens is 1. The number of nitrogens with one attached hydrogen (secondary N) is 1. The Labute approximate surface area is 116 Å². The van der Waals surface area contributed by atoms with Crippen molar-refractivity contribution in [2.24, 2.45) is 0 Å². The first-order chi connectivity index (χ1) is 9.28. The molecule has 0 bridgehead atoms. The van der Waals surface area contributed by atoms with Crippen molar-refractivity contribution in [1.29, 1.82) is 0 Å². The van der Waals surface area contributed by atoms with Crippen LogP contribution in [0.25, 0.3) is 22.2 Å². The second-order valence-electron chi connectivity index (χ2n) is 4.17. The van der Waals surface area contributed by atoms with E-state index in [-0.39, 0.29) is 0 Å². The minimum absolute atomic E-state index is 0.605. The van der Waals surface area contributed by atoms with Crippen LogP contribution in [0, 0.1) is 0 Å². The molecular formula is C15H12ClN3. The third-order valence-corrected chi connectivity index (χ3v) is 3.16. The molecule has 0 aliphatic heterocycles. The minimum Gasteiger partial charge on any atom is -0.357 e. The van der Waals surface area contributed by atoms with Gasteiger partial charge in [-0.1, -0.05) is 41.9 Å². The minimum atomic E-state index is 0.605. The number of hydrogen-bond acceptors (Lipinski definition) is 3. The van der Waals surface area contributed by atoms with E-state index in [1.165, 1.54) is 0 Å². The summed E-state index contributed by atoms with van der Waals surface area (Å²) in [4.78, 5) is 8.99. The van der Waals surface area contributed by atoms with Crippen molar-refractivity contribution in [2.75, 3.05) is 12.4 Å². The topological polar surface area (TPSA) is 37.8 Å². The van der Waals surface area contributed by atoms with Gasteiger partial charge in [0.15, 0.2) is 0 Å². The average molecular weight is 270 g/mol. The predicted octanol–water partition coefficient (Wildman–Crippen LogP) is 3.99. The van der Waals surface area contributed by atoms with Crippen molar-refractivity contribution < 1.29 is 0 Å². The fourth-order valence-electron chi connectivity index (χ4n) is 2.03. The van der Waals surface area contributed by atoms with Crippen molar-refractivity contribution in [3.8, 4) is 11.3 Å². The van der Waals surface area contributed by atoms with Gasteiger partial charge < -0.3 is 5.32 Å². The second kappa shape index (κ2) is 4.86. The van der Waals surface area contributed by atoms with E-state index in [1.807, 2.05) is 55.6 Å². The summed E-state index contributed by atoms with van der Waals surface area (Å²) in [5.74, 6) is 0.605. The number of nitrogens with zero attached hydrogens (tertiary/aromatic N) is 2. The zero-order valence-corrected chi connectivity index (χ0v) is 11.1. The molecule has 3 nitrogen and oxygen atoms in total. The van der Waals surface area contributed by atoms with Crippen LogP contribution >= 0.6 is 11.6 Å². The molecule has 0 saturated carbocycles. The van der Waals surface area contributed by atoms with Gasteiger partial charge in [0.25, 0.3) is 0 Å². The molecule has 0 amide bonds. The summed E-state index contributed by atoms with van der Waals surface area (Å²) < 4.78 is 0. The maximum Gasteiger partial charge on any atom is 0.223 e. The van der Waals surface area contributed by atoms with Crippen molar-refractivity contribution >= 4 is 28.5 Å². The molecule has 2 aromatic carbocycles. The highest BCUT2D eigenvalue weighted by Gasteiger charge is 2.09. The van der Waals surface area contributed by atoms with E-state index in [1.54, 1.807) is 0 Å². The normalized spacial score (nSPS) is 10.6. The van der Waals surface area contributed by atoms with Crippen molar-refractivity contribution in [3.05, 3.63) is 53.6 Å². The maximum atomic E-state index is 6.08. The Kier molecular flexibility index (Phi) is 3.05. The third-order valence-electron chi connectivity index (χ3n) is 2.93. The Balaban J connectivity index is 2.35. The van der Waals surface area contributed by atoms with E-state index in [0.29, 0.717) is 11.0 Å². The van der Waals surface area contributed by atoms with Gasteiger partial charge in [0.05, 0.1) is 11.2 Å². The molecule has 4 heteroatoms. The second-order valence-corrected chi connectivity index (χ2v) is 4.61. The molecule has 1 heterocycles. The first-order valence-electron chi connectivity index (χ1n) is 5.98. The van der Waals surface area contributed by atoms with Crippen LogP contribution in [0.4, 0.5) is 5.95 Å². The fraction of sp³-hybridized carbons (Fsp3) is 0.0667. The van der Waals surface area contributed by atoms with E-state index < -0.39 is 0 Å². The first kappa shape index (κ1) is 11.9. The molecule has 0 aliphatic rings. The Morgan fingerprint density at radius 2 is 1.79 bits per heavy atom. The number of aromatic nitrogens is 2. The molecular weight excluding hydrogens is 258 g/mol. The van der Waals surface area contributed by atoms with Gasteiger partial charge in [-0.25, -0.2) is 9.97 Å². The molecule has 0 unspecified atom stereocenters. The summed E-state index contributed by atoms with van der Waals surface area (Å²) in [7, 11) is 1.81. The lowest BCUT2D eigenvalue weighted by atomic mass is 10.1. The molecule has 19 heavy (non-hydrogen) atoms. The standard InChI is InChI=1S/C15H12ClN3/c1-17-15-18-13-8-7-11(16)9-12(13)14(19-15)10-5-3-2-4-6-10/h2-9H,1H3,(H,17,18,19). The zero-order valence-electron chi connectivity index (χ0n) is 10.4. The molecule has 94 valence electrons. The van der Waals surface area contributed by atoms with Gasteiger partial charge in [0.2, 0.25) is 5.95 Å². The molecule has 3 rings (SSSR count). The monoisotopic (exact) mass is 269 g/mol. The number of anilines is 1. The van der Waals surface area contributed by atoms with Gasteiger partial charge in [-0.3, -0.25) is 0 Å². The van der Waals surface area contributed by atoms with E-state index in [9.17, 15) is 0 Å². The number of hydrogen-bond donors (Lipinski definition) is 1. The van der Waals surface area contributed by atoms with Crippen LogP contribution in [-0.4, -0.2) is 17.0 Å². The molecule has 0 aliphatic carbocycles. The lowest BCUT2D eigenvalue weighted by Gasteiger charge is -2.08. The molecule has 0 radical (unpaired) electrons. The molecule has 3 aromatic rings. The van der Waals surface area contributed by atoms with Gasteiger partial charge in [-0.15, -0.1) is 0 Å². The largest absolute Gasteiger partial charge is 0.357 e. The summed E-state index contributed by atoms with van der Waals surface area (Å²) in [6, 6.07) is 15.7. The van der Waals surface area contributed by atoms with Crippen molar-refractivity contribution in [3.63, 3.8) is 0 Å². The summed E-state index contributed by atoms with van der Waals surface area (Å²) in [5, 5.41) is 4.63. The van der Waals surface area contributed by atoms with Crippen LogP contribution in [-0.2, 0) is 0 Å². The molecule has 0 fully saturated rings. The van der Waals surface area contributed by atoms with Gasteiger partial charge in [0.1, 0.15) is 0 Å². The maximum absolute atomic E-state index is 6.08.